The summed E-state index contributed by atoms with van der Waals surface area (Å²) in [6.45, 7) is 3.27. The number of hydrogen-bond acceptors (Lipinski definition) is 4. The summed E-state index contributed by atoms with van der Waals surface area (Å²) in [5.74, 6) is -1.05. The first-order chi connectivity index (χ1) is 13.1. The van der Waals surface area contributed by atoms with Crippen molar-refractivity contribution in [2.75, 3.05) is 26.2 Å². The van der Waals surface area contributed by atoms with Crippen molar-refractivity contribution in [1.82, 2.24) is 24.8 Å². The first-order valence-corrected chi connectivity index (χ1v) is 9.48. The first kappa shape index (κ1) is 18.0. The Morgan fingerprint density at radius 2 is 1.74 bits per heavy atom. The second kappa shape index (κ2) is 7.72. The van der Waals surface area contributed by atoms with E-state index in [2.05, 4.69) is 10.3 Å². The van der Waals surface area contributed by atoms with Gasteiger partial charge in [-0.3, -0.25) is 9.69 Å². The lowest BCUT2D eigenvalue weighted by molar-refractivity contribution is 0.0787. The van der Waals surface area contributed by atoms with Gasteiger partial charge in [-0.15, -0.1) is 5.10 Å². The Labute approximate surface area is 156 Å². The van der Waals surface area contributed by atoms with Gasteiger partial charge in [0.05, 0.1) is 12.2 Å². The lowest BCUT2D eigenvalue weighted by atomic mass is 10.0. The van der Waals surface area contributed by atoms with Crippen molar-refractivity contribution in [3.63, 3.8) is 0 Å². The van der Waals surface area contributed by atoms with Gasteiger partial charge in [-0.2, -0.15) is 0 Å². The number of carbonyl (C=O) groups excluding carboxylic acids is 1. The van der Waals surface area contributed by atoms with Crippen molar-refractivity contribution in [3.8, 4) is 0 Å². The van der Waals surface area contributed by atoms with Crippen LogP contribution in [0.2, 0.25) is 0 Å². The molecule has 0 unspecified atom stereocenters. The number of hydrogen-bond donors (Lipinski definition) is 0. The molecule has 6 nitrogen and oxygen atoms in total. The monoisotopic (exact) mass is 375 g/mol. The molecular formula is C19H23F2N5O. The van der Waals surface area contributed by atoms with Crippen LogP contribution in [0.15, 0.2) is 24.4 Å². The maximum atomic E-state index is 13.8. The molecule has 0 bridgehead atoms. The maximum Gasteiger partial charge on any atom is 0.276 e. The molecule has 0 saturated carbocycles. The van der Waals surface area contributed by atoms with Gasteiger partial charge in [0.25, 0.3) is 5.91 Å². The van der Waals surface area contributed by atoms with Crippen LogP contribution in [0.5, 0.6) is 0 Å². The first-order valence-electron chi connectivity index (χ1n) is 9.48. The lowest BCUT2D eigenvalue weighted by Crippen LogP contribution is -2.35. The average molecular weight is 375 g/mol. The molecule has 27 heavy (non-hydrogen) atoms. The number of halogens is 2. The molecule has 2 aliphatic rings. The molecule has 2 saturated heterocycles. The summed E-state index contributed by atoms with van der Waals surface area (Å²) in [4.78, 5) is 16.3. The molecule has 0 spiro atoms. The number of likely N-dealkylation sites (tertiary alicyclic amines) is 2. The van der Waals surface area contributed by atoms with Crippen LogP contribution < -0.4 is 0 Å². The van der Waals surface area contributed by atoms with Crippen LogP contribution in [0.25, 0.3) is 0 Å². The minimum Gasteiger partial charge on any atom is -0.337 e. The summed E-state index contributed by atoms with van der Waals surface area (Å²) in [7, 11) is 0. The van der Waals surface area contributed by atoms with Crippen LogP contribution in [0.4, 0.5) is 8.78 Å². The molecule has 3 heterocycles. The van der Waals surface area contributed by atoms with E-state index in [0.29, 0.717) is 18.8 Å². The van der Waals surface area contributed by atoms with Crippen molar-refractivity contribution in [3.05, 3.63) is 47.3 Å². The zero-order valence-electron chi connectivity index (χ0n) is 15.2. The highest BCUT2D eigenvalue weighted by molar-refractivity contribution is 5.92. The van der Waals surface area contributed by atoms with E-state index in [1.807, 2.05) is 9.80 Å². The van der Waals surface area contributed by atoms with Gasteiger partial charge in [0.2, 0.25) is 0 Å². The third kappa shape index (κ3) is 3.85. The Hall–Kier alpha value is -2.35. The van der Waals surface area contributed by atoms with E-state index >= 15 is 0 Å². The van der Waals surface area contributed by atoms with Crippen molar-refractivity contribution in [2.24, 2.45) is 0 Å². The fourth-order valence-electron chi connectivity index (χ4n) is 3.88. The van der Waals surface area contributed by atoms with Gasteiger partial charge in [-0.05, 0) is 37.8 Å². The fourth-order valence-corrected chi connectivity index (χ4v) is 3.88. The van der Waals surface area contributed by atoms with Crippen molar-refractivity contribution in [1.29, 1.82) is 0 Å². The van der Waals surface area contributed by atoms with Crippen LogP contribution >= 0.6 is 0 Å². The summed E-state index contributed by atoms with van der Waals surface area (Å²) in [6, 6.07) is 4.12. The van der Waals surface area contributed by atoms with E-state index < -0.39 is 11.6 Å². The Bertz CT molecular complexity index is 790. The number of nitrogens with zero attached hydrogens (tertiary/aromatic N) is 5. The summed E-state index contributed by atoms with van der Waals surface area (Å²) in [6.07, 6.45) is 5.42. The van der Waals surface area contributed by atoms with Crippen LogP contribution in [0, 0.1) is 11.6 Å². The number of carbonyl (C=O) groups is 1. The van der Waals surface area contributed by atoms with E-state index in [-0.39, 0.29) is 24.1 Å². The van der Waals surface area contributed by atoms with E-state index in [4.69, 9.17) is 0 Å². The van der Waals surface area contributed by atoms with Gasteiger partial charge in [0, 0.05) is 38.3 Å². The minimum absolute atomic E-state index is 0.0498. The van der Waals surface area contributed by atoms with Gasteiger partial charge in [0.1, 0.15) is 11.6 Å². The Morgan fingerprint density at radius 3 is 2.41 bits per heavy atom. The van der Waals surface area contributed by atoms with Crippen LogP contribution in [-0.4, -0.2) is 56.9 Å². The molecular weight excluding hydrogens is 352 g/mol. The molecule has 2 aromatic rings. The lowest BCUT2D eigenvalue weighted by Gasteiger charge is -2.31. The zero-order chi connectivity index (χ0) is 18.8. The van der Waals surface area contributed by atoms with Crippen molar-refractivity contribution < 1.29 is 13.6 Å². The second-order valence-corrected chi connectivity index (χ2v) is 7.29. The molecule has 8 heteroatoms. The van der Waals surface area contributed by atoms with Crippen molar-refractivity contribution in [2.45, 2.75) is 38.3 Å². The molecule has 4 rings (SSSR count). The zero-order valence-corrected chi connectivity index (χ0v) is 15.2. The number of benzene rings is 1. The number of amides is 1. The minimum atomic E-state index is -0.501. The van der Waals surface area contributed by atoms with E-state index in [1.54, 1.807) is 10.9 Å². The summed E-state index contributed by atoms with van der Waals surface area (Å²) < 4.78 is 29.4. The highest BCUT2D eigenvalue weighted by Gasteiger charge is 2.26. The predicted molar refractivity (Wildman–Crippen MR) is 95.1 cm³/mol. The Kier molecular flexibility index (Phi) is 5.15. The third-order valence-electron chi connectivity index (χ3n) is 5.50. The maximum absolute atomic E-state index is 13.8. The van der Waals surface area contributed by atoms with E-state index in [9.17, 15) is 13.6 Å². The van der Waals surface area contributed by atoms with Gasteiger partial charge in [-0.1, -0.05) is 11.3 Å². The normalized spacial score (nSPS) is 19.0. The second-order valence-electron chi connectivity index (χ2n) is 7.29. The highest BCUT2D eigenvalue weighted by Crippen LogP contribution is 2.24. The molecule has 1 aromatic heterocycles. The van der Waals surface area contributed by atoms with E-state index in [0.717, 1.165) is 38.8 Å². The quantitative estimate of drug-likeness (QED) is 0.824. The van der Waals surface area contributed by atoms with Crippen molar-refractivity contribution >= 4 is 5.91 Å². The van der Waals surface area contributed by atoms with Crippen LogP contribution in [0.3, 0.4) is 0 Å². The largest absolute Gasteiger partial charge is 0.337 e. The van der Waals surface area contributed by atoms with Crippen LogP contribution in [-0.2, 0) is 6.54 Å². The number of piperidine rings is 1. The Morgan fingerprint density at radius 1 is 1.07 bits per heavy atom. The summed E-state index contributed by atoms with van der Waals surface area (Å²) in [5, 5.41) is 8.21. The number of rotatable bonds is 4. The molecule has 2 fully saturated rings. The standard InChI is InChI=1S/C19H23F2N5O/c20-16-4-3-5-17(21)15(16)12-24-10-6-14(7-11-24)26-13-18(22-23-26)19(27)25-8-1-2-9-25/h3-5,13-14H,1-2,6-12H2. The van der Waals surface area contributed by atoms with Crippen LogP contribution in [0.1, 0.15) is 47.8 Å². The van der Waals surface area contributed by atoms with Gasteiger partial charge < -0.3 is 4.90 Å². The third-order valence-corrected chi connectivity index (χ3v) is 5.50. The fraction of sp³-hybridized carbons (Fsp3) is 0.526. The average Bonchev–Trinajstić information content (AvgIpc) is 3.37. The smallest absolute Gasteiger partial charge is 0.276 e. The molecule has 0 atom stereocenters. The molecule has 0 N–H and O–H groups in total. The van der Waals surface area contributed by atoms with Gasteiger partial charge >= 0.3 is 0 Å². The molecule has 2 aliphatic heterocycles. The SMILES string of the molecule is O=C(c1cn(C2CCN(Cc3c(F)cccc3F)CC2)nn1)N1CCCC1. The molecule has 1 amide bonds. The molecule has 1 aromatic carbocycles. The molecule has 144 valence electrons. The van der Waals surface area contributed by atoms with E-state index in [1.165, 1.54) is 18.2 Å². The van der Waals surface area contributed by atoms with Gasteiger partial charge in [-0.25, -0.2) is 13.5 Å². The summed E-state index contributed by atoms with van der Waals surface area (Å²) >= 11 is 0. The Balaban J connectivity index is 1.35. The molecule has 0 radical (unpaired) electrons. The summed E-state index contributed by atoms with van der Waals surface area (Å²) in [5.41, 5.74) is 0.517. The predicted octanol–water partition coefficient (Wildman–Crippen LogP) is 2.63. The number of aromatic nitrogens is 3. The van der Waals surface area contributed by atoms with Gasteiger partial charge in [0.15, 0.2) is 5.69 Å². The highest BCUT2D eigenvalue weighted by atomic mass is 19.1. The topological polar surface area (TPSA) is 54.3 Å². The molecule has 0 aliphatic carbocycles.